The molecule has 0 radical (unpaired) electrons. The lowest BCUT2D eigenvalue weighted by Crippen LogP contribution is -2.36. The van der Waals surface area contributed by atoms with Gasteiger partial charge in [0.25, 0.3) is 0 Å². The van der Waals surface area contributed by atoms with Crippen molar-refractivity contribution in [3.05, 3.63) is 34.3 Å². The van der Waals surface area contributed by atoms with Gasteiger partial charge in [-0.3, -0.25) is 0 Å². The Bertz CT molecular complexity index is 542. The fourth-order valence-corrected chi connectivity index (χ4v) is 3.29. The normalized spacial score (nSPS) is 27.6. The topological polar surface area (TPSA) is 72.8 Å². The van der Waals surface area contributed by atoms with Crippen molar-refractivity contribution in [2.75, 3.05) is 25.2 Å². The van der Waals surface area contributed by atoms with E-state index in [2.05, 4.69) is 15.9 Å². The molecule has 1 aromatic rings. The van der Waals surface area contributed by atoms with Crippen molar-refractivity contribution in [3.8, 4) is 0 Å². The van der Waals surface area contributed by atoms with Crippen LogP contribution in [0, 0.1) is 0 Å². The SMILES string of the molecule is CS(=O)(=O)C[C@@]1(c2ccc(Br)cc2)OC[C@@H](CO)O1. The van der Waals surface area contributed by atoms with Crippen molar-refractivity contribution in [2.45, 2.75) is 11.9 Å². The molecule has 0 bridgehead atoms. The third-order valence-corrected chi connectivity index (χ3v) is 4.23. The standard InChI is InChI=1S/C12H15BrO5S/c1-19(15,16)8-12(17-7-11(6-14)18-12)9-2-4-10(13)5-3-9/h2-5,11,14H,6-8H2,1H3/t11-,12-/m1/s1. The van der Waals surface area contributed by atoms with Crippen LogP contribution in [0.1, 0.15) is 5.56 Å². The Hall–Kier alpha value is -0.470. The fraction of sp³-hybridized carbons (Fsp3) is 0.500. The molecule has 5 nitrogen and oxygen atoms in total. The zero-order valence-electron chi connectivity index (χ0n) is 10.4. The third-order valence-electron chi connectivity index (χ3n) is 2.80. The first-order valence-corrected chi connectivity index (χ1v) is 8.56. The number of halogens is 1. The highest BCUT2D eigenvalue weighted by Crippen LogP contribution is 2.36. The summed E-state index contributed by atoms with van der Waals surface area (Å²) in [5.74, 6) is -1.61. The molecule has 1 fully saturated rings. The Morgan fingerprint density at radius 3 is 2.53 bits per heavy atom. The molecule has 1 N–H and O–H groups in total. The smallest absolute Gasteiger partial charge is 0.209 e. The van der Waals surface area contributed by atoms with Crippen LogP contribution in [0.15, 0.2) is 28.7 Å². The first kappa shape index (κ1) is 14.9. The maximum atomic E-state index is 11.6. The van der Waals surface area contributed by atoms with Crippen LogP contribution in [-0.2, 0) is 25.1 Å². The molecule has 1 aromatic carbocycles. The molecule has 19 heavy (non-hydrogen) atoms. The summed E-state index contributed by atoms with van der Waals surface area (Å²) in [6, 6.07) is 7.07. The molecule has 0 unspecified atom stereocenters. The number of sulfone groups is 1. The van der Waals surface area contributed by atoms with Gasteiger partial charge in [0.05, 0.1) is 13.2 Å². The Balaban J connectivity index is 2.37. The number of aliphatic hydroxyl groups is 1. The Labute approximate surface area is 120 Å². The highest BCUT2D eigenvalue weighted by atomic mass is 79.9. The van der Waals surface area contributed by atoms with Crippen molar-refractivity contribution < 1.29 is 23.0 Å². The summed E-state index contributed by atoms with van der Waals surface area (Å²) in [4.78, 5) is 0. The minimum Gasteiger partial charge on any atom is -0.394 e. The van der Waals surface area contributed by atoms with Crippen LogP contribution >= 0.6 is 15.9 Å². The number of ether oxygens (including phenoxy) is 2. The van der Waals surface area contributed by atoms with Crippen LogP contribution in [0.3, 0.4) is 0 Å². The van der Waals surface area contributed by atoms with Gasteiger partial charge in [0, 0.05) is 16.3 Å². The van der Waals surface area contributed by atoms with Gasteiger partial charge >= 0.3 is 0 Å². The molecule has 1 aliphatic rings. The van der Waals surface area contributed by atoms with Gasteiger partial charge in [-0.1, -0.05) is 28.1 Å². The van der Waals surface area contributed by atoms with Gasteiger partial charge in [-0.25, -0.2) is 8.42 Å². The number of benzene rings is 1. The van der Waals surface area contributed by atoms with Gasteiger partial charge in [-0.15, -0.1) is 0 Å². The molecule has 0 aromatic heterocycles. The summed E-state index contributed by atoms with van der Waals surface area (Å²) >= 11 is 3.32. The van der Waals surface area contributed by atoms with Crippen molar-refractivity contribution in [1.29, 1.82) is 0 Å². The molecule has 1 saturated heterocycles. The summed E-state index contributed by atoms with van der Waals surface area (Å²) in [6.07, 6.45) is 0.623. The molecule has 1 heterocycles. The van der Waals surface area contributed by atoms with Gasteiger partial charge in [0.2, 0.25) is 5.79 Å². The molecule has 0 amide bonds. The second-order valence-electron chi connectivity index (χ2n) is 4.56. The lowest BCUT2D eigenvalue weighted by molar-refractivity contribution is -0.162. The molecule has 2 atom stereocenters. The van der Waals surface area contributed by atoms with Crippen molar-refractivity contribution in [2.24, 2.45) is 0 Å². The predicted molar refractivity (Wildman–Crippen MR) is 73.4 cm³/mol. The van der Waals surface area contributed by atoms with Crippen molar-refractivity contribution >= 4 is 25.8 Å². The zero-order valence-corrected chi connectivity index (χ0v) is 12.8. The first-order chi connectivity index (χ1) is 8.85. The van der Waals surface area contributed by atoms with Crippen molar-refractivity contribution in [1.82, 2.24) is 0 Å². The summed E-state index contributed by atoms with van der Waals surface area (Å²) in [5.41, 5.74) is 0.622. The first-order valence-electron chi connectivity index (χ1n) is 5.71. The van der Waals surface area contributed by atoms with Gasteiger partial charge < -0.3 is 14.6 Å². The lowest BCUT2D eigenvalue weighted by atomic mass is 10.1. The van der Waals surface area contributed by atoms with Gasteiger partial charge in [-0.05, 0) is 12.1 Å². The molecule has 0 aliphatic carbocycles. The molecule has 106 valence electrons. The third kappa shape index (κ3) is 3.55. The highest BCUT2D eigenvalue weighted by molar-refractivity contribution is 9.10. The summed E-state index contributed by atoms with van der Waals surface area (Å²) in [6.45, 7) is -0.0376. The van der Waals surface area contributed by atoms with E-state index in [4.69, 9.17) is 14.6 Å². The summed E-state index contributed by atoms with van der Waals surface area (Å²) in [7, 11) is -3.30. The van der Waals surface area contributed by atoms with Gasteiger partial charge in [0.1, 0.15) is 11.9 Å². The minimum absolute atomic E-state index is 0.169. The number of hydrogen-bond donors (Lipinski definition) is 1. The van der Waals surface area contributed by atoms with Crippen molar-refractivity contribution in [3.63, 3.8) is 0 Å². The van der Waals surface area contributed by atoms with E-state index in [1.165, 1.54) is 0 Å². The maximum absolute atomic E-state index is 11.6. The molecule has 0 saturated carbocycles. The van der Waals surface area contributed by atoms with E-state index in [9.17, 15) is 8.42 Å². The molecular formula is C12H15BrO5S. The number of hydrogen-bond acceptors (Lipinski definition) is 5. The van der Waals surface area contributed by atoms with E-state index in [-0.39, 0.29) is 19.0 Å². The van der Waals surface area contributed by atoms with Crippen LogP contribution < -0.4 is 0 Å². The lowest BCUT2D eigenvalue weighted by Gasteiger charge is -2.27. The van der Waals surface area contributed by atoms with E-state index in [0.717, 1.165) is 10.7 Å². The maximum Gasteiger partial charge on any atom is 0.209 e. The number of aliphatic hydroxyl groups excluding tert-OH is 1. The molecule has 7 heteroatoms. The monoisotopic (exact) mass is 350 g/mol. The molecule has 1 aliphatic heterocycles. The van der Waals surface area contributed by atoms with E-state index < -0.39 is 21.7 Å². The van der Waals surface area contributed by atoms with Crippen LogP contribution in [0.2, 0.25) is 0 Å². The quantitative estimate of drug-likeness (QED) is 0.878. The van der Waals surface area contributed by atoms with E-state index in [1.54, 1.807) is 24.3 Å². The van der Waals surface area contributed by atoms with E-state index >= 15 is 0 Å². The van der Waals surface area contributed by atoms with Crippen LogP contribution in [0.5, 0.6) is 0 Å². The largest absolute Gasteiger partial charge is 0.394 e. The van der Waals surface area contributed by atoms with Crippen LogP contribution in [-0.4, -0.2) is 44.9 Å². The Morgan fingerprint density at radius 1 is 1.42 bits per heavy atom. The molecule has 0 spiro atoms. The zero-order chi connectivity index (χ0) is 14.1. The predicted octanol–water partition coefficient (Wildman–Crippen LogP) is 1.05. The van der Waals surface area contributed by atoms with Gasteiger partial charge in [0.15, 0.2) is 9.84 Å². The Kier molecular flexibility index (Phi) is 4.32. The number of rotatable bonds is 4. The second-order valence-corrected chi connectivity index (χ2v) is 7.62. The van der Waals surface area contributed by atoms with E-state index in [0.29, 0.717) is 5.56 Å². The van der Waals surface area contributed by atoms with Gasteiger partial charge in [-0.2, -0.15) is 0 Å². The summed E-state index contributed by atoms with van der Waals surface area (Å²) < 4.78 is 35.3. The minimum atomic E-state index is -3.30. The average molecular weight is 351 g/mol. The van der Waals surface area contributed by atoms with E-state index in [1.807, 2.05) is 0 Å². The van der Waals surface area contributed by atoms with Crippen LogP contribution in [0.25, 0.3) is 0 Å². The summed E-state index contributed by atoms with van der Waals surface area (Å²) in [5, 5.41) is 9.13. The second kappa shape index (κ2) is 5.49. The Morgan fingerprint density at radius 2 is 2.05 bits per heavy atom. The highest BCUT2D eigenvalue weighted by Gasteiger charge is 2.45. The fourth-order valence-electron chi connectivity index (χ4n) is 2.01. The average Bonchev–Trinajstić information content (AvgIpc) is 2.72. The molecular weight excluding hydrogens is 336 g/mol. The van der Waals surface area contributed by atoms with Crippen LogP contribution in [0.4, 0.5) is 0 Å². The molecule has 2 rings (SSSR count).